The van der Waals surface area contributed by atoms with Crippen molar-refractivity contribution in [3.8, 4) is 0 Å². The van der Waals surface area contributed by atoms with Crippen LogP contribution < -0.4 is 10.9 Å². The standard InChI is InChI=1S/C23H21FN4O2S2/c1-3-10-25-19-17(21(29)27-11-4-5-14(2)20(27)26-19)12-18-22(30)28(23(31)32-18)13-15-6-8-16(24)9-7-15/h4-9,11-12,25H,3,10,13H2,1-2H3. The average molecular weight is 469 g/mol. The number of benzene rings is 1. The largest absolute Gasteiger partial charge is 0.369 e. The second kappa shape index (κ2) is 9.22. The van der Waals surface area contributed by atoms with E-state index in [0.717, 1.165) is 29.3 Å². The average Bonchev–Trinajstić information content (AvgIpc) is 3.04. The van der Waals surface area contributed by atoms with Gasteiger partial charge in [-0.15, -0.1) is 0 Å². The maximum absolute atomic E-state index is 13.3. The van der Waals surface area contributed by atoms with Crippen molar-refractivity contribution in [2.45, 2.75) is 26.8 Å². The van der Waals surface area contributed by atoms with E-state index in [-0.39, 0.29) is 23.8 Å². The van der Waals surface area contributed by atoms with Gasteiger partial charge >= 0.3 is 0 Å². The van der Waals surface area contributed by atoms with Gasteiger partial charge in [0.1, 0.15) is 21.6 Å². The smallest absolute Gasteiger partial charge is 0.267 e. The van der Waals surface area contributed by atoms with Crippen LogP contribution >= 0.6 is 24.0 Å². The quantitative estimate of drug-likeness (QED) is 0.428. The maximum Gasteiger partial charge on any atom is 0.267 e. The number of fused-ring (bicyclic) bond motifs is 1. The number of hydrogen-bond acceptors (Lipinski definition) is 6. The van der Waals surface area contributed by atoms with Crippen molar-refractivity contribution in [1.29, 1.82) is 0 Å². The summed E-state index contributed by atoms with van der Waals surface area (Å²) in [5, 5.41) is 3.21. The van der Waals surface area contributed by atoms with Gasteiger partial charge in [-0.2, -0.15) is 0 Å². The topological polar surface area (TPSA) is 66.7 Å². The van der Waals surface area contributed by atoms with E-state index in [1.54, 1.807) is 30.5 Å². The molecule has 2 aromatic heterocycles. The molecule has 3 heterocycles. The summed E-state index contributed by atoms with van der Waals surface area (Å²) >= 11 is 6.54. The number of nitrogens with zero attached hydrogens (tertiary/aromatic N) is 3. The first-order valence-electron chi connectivity index (χ1n) is 10.1. The van der Waals surface area contributed by atoms with E-state index in [1.165, 1.54) is 21.4 Å². The molecule has 1 aliphatic heterocycles. The van der Waals surface area contributed by atoms with Gasteiger partial charge in [-0.05, 0) is 48.7 Å². The van der Waals surface area contributed by atoms with E-state index in [2.05, 4.69) is 10.3 Å². The van der Waals surface area contributed by atoms with E-state index in [1.807, 2.05) is 19.9 Å². The summed E-state index contributed by atoms with van der Waals surface area (Å²) in [5.74, 6) is -0.194. The number of carbonyl (C=O) groups is 1. The highest BCUT2D eigenvalue weighted by atomic mass is 32.2. The van der Waals surface area contributed by atoms with Gasteiger partial charge in [-0.25, -0.2) is 9.37 Å². The Balaban J connectivity index is 1.74. The number of aromatic nitrogens is 2. The molecule has 0 unspecified atom stereocenters. The first kappa shape index (κ1) is 22.2. The molecule has 4 rings (SSSR count). The predicted molar refractivity (Wildman–Crippen MR) is 130 cm³/mol. The summed E-state index contributed by atoms with van der Waals surface area (Å²) in [6, 6.07) is 9.61. The van der Waals surface area contributed by atoms with Crippen molar-refractivity contribution >= 4 is 51.7 Å². The van der Waals surface area contributed by atoms with E-state index >= 15 is 0 Å². The molecule has 9 heteroatoms. The summed E-state index contributed by atoms with van der Waals surface area (Å²) in [4.78, 5) is 32.8. The van der Waals surface area contributed by atoms with Crippen molar-refractivity contribution in [3.05, 3.63) is 80.4 Å². The van der Waals surface area contributed by atoms with Crippen molar-refractivity contribution in [2.75, 3.05) is 11.9 Å². The Morgan fingerprint density at radius 3 is 2.69 bits per heavy atom. The monoisotopic (exact) mass is 468 g/mol. The van der Waals surface area contributed by atoms with Crippen LogP contribution in [0.4, 0.5) is 10.2 Å². The first-order chi connectivity index (χ1) is 15.4. The molecule has 0 aliphatic carbocycles. The van der Waals surface area contributed by atoms with Gasteiger partial charge in [0.2, 0.25) is 0 Å². The summed E-state index contributed by atoms with van der Waals surface area (Å²) in [6.45, 7) is 4.79. The zero-order valence-electron chi connectivity index (χ0n) is 17.6. The summed E-state index contributed by atoms with van der Waals surface area (Å²) < 4.78 is 15.1. The van der Waals surface area contributed by atoms with Crippen LogP contribution in [0.5, 0.6) is 0 Å². The fraction of sp³-hybridized carbons (Fsp3) is 0.217. The Morgan fingerprint density at radius 2 is 1.97 bits per heavy atom. The second-order valence-electron chi connectivity index (χ2n) is 7.39. The molecule has 1 fully saturated rings. The molecule has 0 saturated carbocycles. The van der Waals surface area contributed by atoms with Gasteiger partial charge in [0, 0.05) is 12.7 Å². The fourth-order valence-electron chi connectivity index (χ4n) is 3.36. The molecular formula is C23H21FN4O2S2. The number of thioether (sulfide) groups is 1. The van der Waals surface area contributed by atoms with Crippen LogP contribution in [0.3, 0.4) is 0 Å². The summed E-state index contributed by atoms with van der Waals surface area (Å²) in [5.41, 5.74) is 2.25. The molecule has 1 saturated heterocycles. The van der Waals surface area contributed by atoms with Crippen molar-refractivity contribution in [2.24, 2.45) is 0 Å². The fourth-order valence-corrected chi connectivity index (χ4v) is 4.60. The molecule has 32 heavy (non-hydrogen) atoms. The molecule has 0 spiro atoms. The van der Waals surface area contributed by atoms with Gasteiger partial charge in [0.25, 0.3) is 11.5 Å². The zero-order chi connectivity index (χ0) is 22.8. The molecule has 0 bridgehead atoms. The third-order valence-electron chi connectivity index (χ3n) is 5.03. The van der Waals surface area contributed by atoms with Crippen LogP contribution in [0.1, 0.15) is 30.0 Å². The third-order valence-corrected chi connectivity index (χ3v) is 6.41. The van der Waals surface area contributed by atoms with Crippen molar-refractivity contribution < 1.29 is 9.18 Å². The SMILES string of the molecule is CCCNc1nc2c(C)cccn2c(=O)c1C=C1SC(=S)N(Cc2ccc(F)cc2)C1=O. The minimum Gasteiger partial charge on any atom is -0.369 e. The number of pyridine rings is 1. The molecule has 6 nitrogen and oxygen atoms in total. The number of hydrogen-bond donors (Lipinski definition) is 1. The van der Waals surface area contributed by atoms with E-state index < -0.39 is 0 Å². The molecule has 1 aliphatic rings. The molecule has 164 valence electrons. The lowest BCUT2D eigenvalue weighted by atomic mass is 10.2. The van der Waals surface area contributed by atoms with Gasteiger partial charge in [0.05, 0.1) is 17.0 Å². The second-order valence-corrected chi connectivity index (χ2v) is 9.06. The zero-order valence-corrected chi connectivity index (χ0v) is 19.2. The van der Waals surface area contributed by atoms with E-state index in [4.69, 9.17) is 12.2 Å². The van der Waals surface area contributed by atoms with Gasteiger partial charge < -0.3 is 5.32 Å². The Morgan fingerprint density at radius 1 is 1.22 bits per heavy atom. The van der Waals surface area contributed by atoms with E-state index in [0.29, 0.717) is 32.8 Å². The molecular weight excluding hydrogens is 447 g/mol. The molecule has 3 aromatic rings. The number of anilines is 1. The van der Waals surface area contributed by atoms with Crippen molar-refractivity contribution in [3.63, 3.8) is 0 Å². The lowest BCUT2D eigenvalue weighted by Crippen LogP contribution is -2.27. The highest BCUT2D eigenvalue weighted by Crippen LogP contribution is 2.34. The van der Waals surface area contributed by atoms with Crippen LogP contribution in [-0.4, -0.2) is 31.1 Å². The predicted octanol–water partition coefficient (Wildman–Crippen LogP) is 4.37. The van der Waals surface area contributed by atoms with E-state index in [9.17, 15) is 14.0 Å². The first-order valence-corrected chi connectivity index (χ1v) is 11.4. The normalized spacial score (nSPS) is 15.2. The number of carbonyl (C=O) groups excluding carboxylic acids is 1. The molecule has 1 amide bonds. The molecule has 1 N–H and O–H groups in total. The molecule has 0 atom stereocenters. The van der Waals surface area contributed by atoms with Gasteiger partial charge in [0.15, 0.2) is 0 Å². The number of thiocarbonyl (C=S) groups is 1. The van der Waals surface area contributed by atoms with Gasteiger partial charge in [-0.1, -0.05) is 49.1 Å². The minimum atomic E-state index is -0.342. The van der Waals surface area contributed by atoms with Crippen LogP contribution in [0, 0.1) is 12.7 Å². The number of halogens is 1. The summed E-state index contributed by atoms with van der Waals surface area (Å²) in [7, 11) is 0. The Labute approximate surface area is 194 Å². The van der Waals surface area contributed by atoms with Crippen LogP contribution in [0.15, 0.2) is 52.3 Å². The van der Waals surface area contributed by atoms with Crippen LogP contribution in [0.25, 0.3) is 11.7 Å². The van der Waals surface area contributed by atoms with Crippen molar-refractivity contribution in [1.82, 2.24) is 14.3 Å². The number of rotatable bonds is 6. The lowest BCUT2D eigenvalue weighted by molar-refractivity contribution is -0.122. The Bertz CT molecular complexity index is 1300. The van der Waals surface area contributed by atoms with Crippen LogP contribution in [-0.2, 0) is 11.3 Å². The molecule has 0 radical (unpaired) electrons. The maximum atomic E-state index is 13.3. The summed E-state index contributed by atoms with van der Waals surface area (Å²) in [6.07, 6.45) is 4.08. The molecule has 1 aromatic carbocycles. The highest BCUT2D eigenvalue weighted by molar-refractivity contribution is 8.26. The number of nitrogens with one attached hydrogen (secondary N) is 1. The number of amides is 1. The number of aryl methyl sites for hydroxylation is 1. The van der Waals surface area contributed by atoms with Crippen LogP contribution in [0.2, 0.25) is 0 Å². The van der Waals surface area contributed by atoms with Gasteiger partial charge in [-0.3, -0.25) is 18.9 Å². The minimum absolute atomic E-state index is 0.234. The lowest BCUT2D eigenvalue weighted by Gasteiger charge is -2.14. The third kappa shape index (κ3) is 4.31. The Kier molecular flexibility index (Phi) is 6.38. The Hall–Kier alpha value is -3.04. The highest BCUT2D eigenvalue weighted by Gasteiger charge is 2.32.